The first-order valence-corrected chi connectivity index (χ1v) is 5.81. The molecule has 96 valence electrons. The Morgan fingerprint density at radius 1 is 1.17 bits per heavy atom. The summed E-state index contributed by atoms with van der Waals surface area (Å²) in [5, 5.41) is 18.0. The average molecular weight is 248 g/mol. The predicted molar refractivity (Wildman–Crippen MR) is 68.3 cm³/mol. The average Bonchev–Trinajstić information content (AvgIpc) is 2.36. The van der Waals surface area contributed by atoms with Crippen LogP contribution >= 0.6 is 0 Å². The van der Waals surface area contributed by atoms with Crippen LogP contribution in [0.4, 0.5) is 0 Å². The van der Waals surface area contributed by atoms with Crippen LogP contribution in [-0.4, -0.2) is 22.0 Å². The van der Waals surface area contributed by atoms with Gasteiger partial charge in [0.2, 0.25) is 0 Å². The van der Waals surface area contributed by atoms with Gasteiger partial charge in [-0.1, -0.05) is 37.6 Å². The molecular formula is C14H16O4. The zero-order chi connectivity index (χ0) is 13.5. The fourth-order valence-electron chi connectivity index (χ4n) is 1.49. The van der Waals surface area contributed by atoms with Crippen LogP contribution in [0.25, 0.3) is 5.76 Å². The normalized spacial score (nSPS) is 11.3. The highest BCUT2D eigenvalue weighted by Crippen LogP contribution is 2.14. The second-order valence-corrected chi connectivity index (χ2v) is 4.00. The van der Waals surface area contributed by atoms with Crippen LogP contribution in [0.15, 0.2) is 30.3 Å². The molecule has 0 atom stereocenters. The van der Waals surface area contributed by atoms with Gasteiger partial charge >= 0.3 is 5.97 Å². The van der Waals surface area contributed by atoms with Crippen molar-refractivity contribution >= 4 is 17.5 Å². The Balaban J connectivity index is 2.78. The van der Waals surface area contributed by atoms with Crippen LogP contribution in [-0.2, 0) is 16.0 Å². The third-order valence-corrected chi connectivity index (χ3v) is 2.55. The number of rotatable bonds is 6. The number of aliphatic hydroxyl groups is 1. The van der Waals surface area contributed by atoms with Gasteiger partial charge in [-0.3, -0.25) is 4.79 Å². The van der Waals surface area contributed by atoms with Crippen molar-refractivity contribution in [2.75, 3.05) is 0 Å². The molecule has 0 unspecified atom stereocenters. The Bertz CT molecular complexity index is 457. The van der Waals surface area contributed by atoms with Gasteiger partial charge in [-0.15, -0.1) is 0 Å². The Kier molecular flexibility index (Phi) is 5.11. The van der Waals surface area contributed by atoms with Crippen molar-refractivity contribution in [3.8, 4) is 0 Å². The van der Waals surface area contributed by atoms with Gasteiger partial charge in [0.15, 0.2) is 0 Å². The van der Waals surface area contributed by atoms with Gasteiger partial charge in [-0.2, -0.15) is 0 Å². The van der Waals surface area contributed by atoms with E-state index in [0.29, 0.717) is 11.6 Å². The summed E-state index contributed by atoms with van der Waals surface area (Å²) < 4.78 is 0. The molecule has 0 spiro atoms. The summed E-state index contributed by atoms with van der Waals surface area (Å²) in [4.78, 5) is 21.2. The number of unbranched alkanes of at least 4 members (excludes halogenated alkanes) is 1. The van der Waals surface area contributed by atoms with Crippen molar-refractivity contribution in [1.82, 2.24) is 0 Å². The maximum absolute atomic E-state index is 10.9. The molecule has 0 aliphatic heterocycles. The molecule has 0 bridgehead atoms. The SMILES string of the molecule is CCCCc1ccc(/C(O)=C/C(=O)C(=O)O)cc1. The van der Waals surface area contributed by atoms with E-state index in [1.165, 1.54) is 0 Å². The minimum atomic E-state index is -1.58. The van der Waals surface area contributed by atoms with Crippen molar-refractivity contribution in [3.63, 3.8) is 0 Å². The molecule has 4 nitrogen and oxygen atoms in total. The summed E-state index contributed by atoms with van der Waals surface area (Å²) in [6.07, 6.45) is 3.89. The standard InChI is InChI=1S/C14H16O4/c1-2-3-4-10-5-7-11(8-6-10)12(15)9-13(16)14(17)18/h5-9,15H,2-4H2,1H3,(H,17,18)/b12-9-. The van der Waals surface area contributed by atoms with E-state index >= 15 is 0 Å². The summed E-state index contributed by atoms with van der Waals surface area (Å²) in [5.74, 6) is -3.05. The lowest BCUT2D eigenvalue weighted by Gasteiger charge is -2.03. The van der Waals surface area contributed by atoms with Gasteiger partial charge in [0.05, 0.1) is 0 Å². The Labute approximate surface area is 106 Å². The topological polar surface area (TPSA) is 74.6 Å². The molecule has 0 amide bonds. The van der Waals surface area contributed by atoms with Crippen molar-refractivity contribution in [2.24, 2.45) is 0 Å². The minimum Gasteiger partial charge on any atom is -0.507 e. The lowest BCUT2D eigenvalue weighted by atomic mass is 10.1. The summed E-state index contributed by atoms with van der Waals surface area (Å²) in [6, 6.07) is 7.07. The third-order valence-electron chi connectivity index (χ3n) is 2.55. The minimum absolute atomic E-state index is 0.329. The lowest BCUT2D eigenvalue weighted by Crippen LogP contribution is -2.09. The molecule has 0 heterocycles. The van der Waals surface area contributed by atoms with Crippen LogP contribution in [0.2, 0.25) is 0 Å². The zero-order valence-corrected chi connectivity index (χ0v) is 10.2. The van der Waals surface area contributed by atoms with Gasteiger partial charge < -0.3 is 10.2 Å². The van der Waals surface area contributed by atoms with Gasteiger partial charge in [-0.25, -0.2) is 4.79 Å². The molecule has 1 aromatic carbocycles. The van der Waals surface area contributed by atoms with Crippen LogP contribution in [0, 0.1) is 0 Å². The summed E-state index contributed by atoms with van der Waals surface area (Å²) in [7, 11) is 0. The van der Waals surface area contributed by atoms with Gasteiger partial charge in [0.25, 0.3) is 5.78 Å². The maximum Gasteiger partial charge on any atom is 0.376 e. The van der Waals surface area contributed by atoms with Crippen LogP contribution in [0.3, 0.4) is 0 Å². The molecular weight excluding hydrogens is 232 g/mol. The third kappa shape index (κ3) is 4.05. The van der Waals surface area contributed by atoms with E-state index in [1.54, 1.807) is 12.1 Å². The Morgan fingerprint density at radius 2 is 1.78 bits per heavy atom. The van der Waals surface area contributed by atoms with E-state index in [-0.39, 0.29) is 5.76 Å². The van der Waals surface area contributed by atoms with Gasteiger partial charge in [0.1, 0.15) is 5.76 Å². The van der Waals surface area contributed by atoms with E-state index in [2.05, 4.69) is 6.92 Å². The second-order valence-electron chi connectivity index (χ2n) is 4.00. The summed E-state index contributed by atoms with van der Waals surface area (Å²) in [5.41, 5.74) is 1.59. The first kappa shape index (κ1) is 14.0. The highest BCUT2D eigenvalue weighted by atomic mass is 16.4. The fraction of sp³-hybridized carbons (Fsp3) is 0.286. The molecule has 0 radical (unpaired) electrons. The maximum atomic E-state index is 10.9. The lowest BCUT2D eigenvalue weighted by molar-refractivity contribution is -0.146. The number of aryl methyl sites for hydroxylation is 1. The number of aliphatic hydroxyl groups excluding tert-OH is 1. The van der Waals surface area contributed by atoms with Gasteiger partial charge in [0, 0.05) is 11.6 Å². The van der Waals surface area contributed by atoms with Crippen LogP contribution in [0.1, 0.15) is 30.9 Å². The highest BCUT2D eigenvalue weighted by Gasteiger charge is 2.10. The number of hydrogen-bond donors (Lipinski definition) is 2. The van der Waals surface area contributed by atoms with Crippen LogP contribution < -0.4 is 0 Å². The van der Waals surface area contributed by atoms with Crippen molar-refractivity contribution in [3.05, 3.63) is 41.5 Å². The molecule has 2 N–H and O–H groups in total. The Hall–Kier alpha value is -2.10. The van der Waals surface area contributed by atoms with Gasteiger partial charge in [-0.05, 0) is 18.4 Å². The monoisotopic (exact) mass is 248 g/mol. The van der Waals surface area contributed by atoms with Crippen LogP contribution in [0.5, 0.6) is 0 Å². The molecule has 18 heavy (non-hydrogen) atoms. The summed E-state index contributed by atoms with van der Waals surface area (Å²) in [6.45, 7) is 2.11. The number of carbonyl (C=O) groups is 2. The molecule has 4 heteroatoms. The first-order valence-electron chi connectivity index (χ1n) is 5.81. The molecule has 0 fully saturated rings. The number of carboxylic acids is 1. The number of carbonyl (C=O) groups excluding carboxylic acids is 1. The molecule has 1 aromatic rings. The zero-order valence-electron chi connectivity index (χ0n) is 10.2. The van der Waals surface area contributed by atoms with E-state index in [4.69, 9.17) is 5.11 Å². The largest absolute Gasteiger partial charge is 0.507 e. The van der Waals surface area contributed by atoms with E-state index in [0.717, 1.165) is 24.8 Å². The molecule has 0 saturated carbocycles. The number of aliphatic carboxylic acids is 1. The number of carboxylic acid groups (broad SMARTS) is 1. The Morgan fingerprint density at radius 3 is 2.28 bits per heavy atom. The van der Waals surface area contributed by atoms with Crippen molar-refractivity contribution < 1.29 is 19.8 Å². The fourth-order valence-corrected chi connectivity index (χ4v) is 1.49. The molecule has 0 aliphatic carbocycles. The molecule has 1 rings (SSSR count). The molecule has 0 aliphatic rings. The highest BCUT2D eigenvalue weighted by molar-refractivity contribution is 6.38. The summed E-state index contributed by atoms with van der Waals surface area (Å²) >= 11 is 0. The quantitative estimate of drug-likeness (QED) is 0.461. The smallest absolute Gasteiger partial charge is 0.376 e. The second kappa shape index (κ2) is 6.59. The number of hydrogen-bond acceptors (Lipinski definition) is 3. The van der Waals surface area contributed by atoms with E-state index in [9.17, 15) is 14.7 Å². The van der Waals surface area contributed by atoms with Crippen molar-refractivity contribution in [2.45, 2.75) is 26.2 Å². The van der Waals surface area contributed by atoms with Crippen molar-refractivity contribution in [1.29, 1.82) is 0 Å². The number of benzene rings is 1. The number of ketones is 1. The van der Waals surface area contributed by atoms with E-state index in [1.807, 2.05) is 12.1 Å². The predicted octanol–water partition coefficient (Wildman–Crippen LogP) is 2.58. The first-order chi connectivity index (χ1) is 8.54. The molecule has 0 aromatic heterocycles. The molecule has 0 saturated heterocycles. The van der Waals surface area contributed by atoms with E-state index < -0.39 is 11.8 Å².